The number of benzene rings is 2. The molecule has 0 unspecified atom stereocenters. The van der Waals surface area contributed by atoms with Crippen molar-refractivity contribution >= 4 is 50.1 Å². The highest BCUT2D eigenvalue weighted by atomic mass is 127. The largest absolute Gasteiger partial charge is 0.484 e. The van der Waals surface area contributed by atoms with Crippen LogP contribution in [0.15, 0.2) is 53.0 Å². The van der Waals surface area contributed by atoms with Crippen LogP contribution in [-0.2, 0) is 4.79 Å². The summed E-state index contributed by atoms with van der Waals surface area (Å²) in [5, 5.41) is 2.78. The van der Waals surface area contributed by atoms with Crippen LogP contribution in [0.4, 0.5) is 5.69 Å². The first-order valence-corrected chi connectivity index (χ1v) is 7.44. The van der Waals surface area contributed by atoms with Crippen molar-refractivity contribution in [1.82, 2.24) is 0 Å². The molecule has 3 nitrogen and oxygen atoms in total. The Morgan fingerprint density at radius 1 is 1.21 bits per heavy atom. The maximum absolute atomic E-state index is 11.7. The number of rotatable bonds is 4. The summed E-state index contributed by atoms with van der Waals surface area (Å²) in [6.07, 6.45) is 0. The SMILES string of the molecule is O=C(COc1cccc(Br)c1)Nc1ccc(I)cc1. The molecule has 2 aromatic carbocycles. The van der Waals surface area contributed by atoms with Crippen molar-refractivity contribution in [3.05, 3.63) is 56.6 Å². The second kappa shape index (κ2) is 6.91. The standard InChI is InChI=1S/C14H11BrINO2/c15-10-2-1-3-13(8-10)19-9-14(18)17-12-6-4-11(16)5-7-12/h1-8H,9H2,(H,17,18). The summed E-state index contributed by atoms with van der Waals surface area (Å²) >= 11 is 5.56. The quantitative estimate of drug-likeness (QED) is 0.741. The van der Waals surface area contributed by atoms with Gasteiger partial charge in [0.2, 0.25) is 0 Å². The molecule has 0 spiro atoms. The van der Waals surface area contributed by atoms with Gasteiger partial charge in [0, 0.05) is 13.7 Å². The smallest absolute Gasteiger partial charge is 0.262 e. The number of amides is 1. The first kappa shape index (κ1) is 14.3. The molecule has 5 heteroatoms. The van der Waals surface area contributed by atoms with E-state index in [4.69, 9.17) is 4.74 Å². The Kier molecular flexibility index (Phi) is 5.21. The van der Waals surface area contributed by atoms with Gasteiger partial charge in [-0.3, -0.25) is 4.79 Å². The molecule has 0 saturated carbocycles. The summed E-state index contributed by atoms with van der Waals surface area (Å²) < 4.78 is 7.45. The summed E-state index contributed by atoms with van der Waals surface area (Å²) in [7, 11) is 0. The predicted octanol–water partition coefficient (Wildman–Crippen LogP) is 4.07. The van der Waals surface area contributed by atoms with Gasteiger partial charge in [-0.2, -0.15) is 0 Å². The van der Waals surface area contributed by atoms with E-state index < -0.39 is 0 Å². The lowest BCUT2D eigenvalue weighted by Gasteiger charge is -2.07. The van der Waals surface area contributed by atoms with Crippen LogP contribution in [0.25, 0.3) is 0 Å². The molecule has 1 amide bonds. The lowest BCUT2D eigenvalue weighted by atomic mass is 10.3. The number of anilines is 1. The van der Waals surface area contributed by atoms with Gasteiger partial charge in [0.1, 0.15) is 5.75 Å². The molecule has 1 N–H and O–H groups in total. The van der Waals surface area contributed by atoms with Gasteiger partial charge in [0.15, 0.2) is 6.61 Å². The Balaban J connectivity index is 1.86. The predicted molar refractivity (Wildman–Crippen MR) is 87.4 cm³/mol. The van der Waals surface area contributed by atoms with Gasteiger partial charge >= 0.3 is 0 Å². The zero-order valence-corrected chi connectivity index (χ0v) is 13.6. The van der Waals surface area contributed by atoms with Crippen molar-refractivity contribution < 1.29 is 9.53 Å². The van der Waals surface area contributed by atoms with Crippen LogP contribution in [0, 0.1) is 3.57 Å². The van der Waals surface area contributed by atoms with E-state index in [0.29, 0.717) is 5.75 Å². The van der Waals surface area contributed by atoms with E-state index in [1.165, 1.54) is 0 Å². The third kappa shape index (κ3) is 4.83. The highest BCUT2D eigenvalue weighted by molar-refractivity contribution is 14.1. The molecule has 0 radical (unpaired) electrons. The van der Waals surface area contributed by atoms with E-state index in [1.807, 2.05) is 48.5 Å². The zero-order chi connectivity index (χ0) is 13.7. The number of hydrogen-bond acceptors (Lipinski definition) is 2. The van der Waals surface area contributed by atoms with E-state index in [1.54, 1.807) is 0 Å². The van der Waals surface area contributed by atoms with Crippen molar-refractivity contribution in [1.29, 1.82) is 0 Å². The molecular weight excluding hydrogens is 421 g/mol. The van der Waals surface area contributed by atoms with Crippen molar-refractivity contribution in [2.75, 3.05) is 11.9 Å². The van der Waals surface area contributed by atoms with Crippen LogP contribution in [0.5, 0.6) is 5.75 Å². The van der Waals surface area contributed by atoms with Gasteiger partial charge in [-0.15, -0.1) is 0 Å². The van der Waals surface area contributed by atoms with Crippen LogP contribution in [0.3, 0.4) is 0 Å². The average Bonchev–Trinajstić information content (AvgIpc) is 2.39. The molecule has 19 heavy (non-hydrogen) atoms. The molecule has 2 rings (SSSR count). The molecule has 0 heterocycles. The van der Waals surface area contributed by atoms with Crippen molar-refractivity contribution in [2.24, 2.45) is 0 Å². The topological polar surface area (TPSA) is 38.3 Å². The van der Waals surface area contributed by atoms with Crippen molar-refractivity contribution in [3.63, 3.8) is 0 Å². The molecular formula is C14H11BrINO2. The Morgan fingerprint density at radius 3 is 2.63 bits per heavy atom. The van der Waals surface area contributed by atoms with E-state index in [-0.39, 0.29) is 12.5 Å². The second-order valence-electron chi connectivity index (χ2n) is 3.80. The Hall–Kier alpha value is -1.08. The highest BCUT2D eigenvalue weighted by Crippen LogP contribution is 2.17. The van der Waals surface area contributed by atoms with Gasteiger partial charge in [0.05, 0.1) is 0 Å². The lowest BCUT2D eigenvalue weighted by molar-refractivity contribution is -0.118. The van der Waals surface area contributed by atoms with E-state index >= 15 is 0 Å². The normalized spacial score (nSPS) is 10.0. The number of nitrogens with one attached hydrogen (secondary N) is 1. The number of carbonyl (C=O) groups excluding carboxylic acids is 1. The van der Waals surface area contributed by atoms with Gasteiger partial charge in [-0.25, -0.2) is 0 Å². The molecule has 0 fully saturated rings. The maximum atomic E-state index is 11.7. The Morgan fingerprint density at radius 2 is 1.95 bits per heavy atom. The zero-order valence-electron chi connectivity index (χ0n) is 9.90. The first-order valence-electron chi connectivity index (χ1n) is 5.57. The summed E-state index contributed by atoms with van der Waals surface area (Å²) in [6.45, 7) is -0.0115. The summed E-state index contributed by atoms with van der Waals surface area (Å²) in [4.78, 5) is 11.7. The fourth-order valence-electron chi connectivity index (χ4n) is 1.44. The monoisotopic (exact) mass is 431 g/mol. The van der Waals surface area contributed by atoms with Crippen LogP contribution in [-0.4, -0.2) is 12.5 Å². The molecule has 2 aromatic rings. The Bertz CT molecular complexity index is 572. The molecule has 0 atom stereocenters. The summed E-state index contributed by atoms with van der Waals surface area (Å²) in [5.41, 5.74) is 0.767. The maximum Gasteiger partial charge on any atom is 0.262 e. The molecule has 0 aliphatic carbocycles. The lowest BCUT2D eigenvalue weighted by Crippen LogP contribution is -2.20. The minimum atomic E-state index is -0.179. The Labute approximate surface area is 133 Å². The third-order valence-corrected chi connectivity index (χ3v) is 3.51. The van der Waals surface area contributed by atoms with Gasteiger partial charge in [-0.1, -0.05) is 22.0 Å². The highest BCUT2D eigenvalue weighted by Gasteiger charge is 2.03. The summed E-state index contributed by atoms with van der Waals surface area (Å²) in [5.74, 6) is 0.480. The molecule has 98 valence electrons. The van der Waals surface area contributed by atoms with Crippen LogP contribution in [0.1, 0.15) is 0 Å². The van der Waals surface area contributed by atoms with Gasteiger partial charge in [0.25, 0.3) is 5.91 Å². The van der Waals surface area contributed by atoms with E-state index in [9.17, 15) is 4.79 Å². The number of hydrogen-bond donors (Lipinski definition) is 1. The van der Waals surface area contributed by atoms with Crippen molar-refractivity contribution in [3.8, 4) is 5.75 Å². The van der Waals surface area contributed by atoms with Gasteiger partial charge in [-0.05, 0) is 65.1 Å². The molecule has 0 saturated heterocycles. The number of ether oxygens (including phenoxy) is 1. The molecule has 0 bridgehead atoms. The minimum absolute atomic E-state index is 0.0115. The first-order chi connectivity index (χ1) is 9.13. The second-order valence-corrected chi connectivity index (χ2v) is 5.96. The number of carbonyl (C=O) groups is 1. The molecule has 0 aliphatic rings. The molecule has 0 aliphatic heterocycles. The van der Waals surface area contributed by atoms with Crippen LogP contribution < -0.4 is 10.1 Å². The third-order valence-electron chi connectivity index (χ3n) is 2.29. The summed E-state index contributed by atoms with van der Waals surface area (Å²) in [6, 6.07) is 15.0. The molecule has 0 aromatic heterocycles. The van der Waals surface area contributed by atoms with Crippen LogP contribution >= 0.6 is 38.5 Å². The van der Waals surface area contributed by atoms with E-state index in [0.717, 1.165) is 13.7 Å². The van der Waals surface area contributed by atoms with Gasteiger partial charge < -0.3 is 10.1 Å². The van der Waals surface area contributed by atoms with Crippen LogP contribution in [0.2, 0.25) is 0 Å². The number of halogens is 2. The minimum Gasteiger partial charge on any atom is -0.484 e. The van der Waals surface area contributed by atoms with Crippen molar-refractivity contribution in [2.45, 2.75) is 0 Å². The fourth-order valence-corrected chi connectivity index (χ4v) is 2.17. The van der Waals surface area contributed by atoms with E-state index in [2.05, 4.69) is 43.8 Å². The fraction of sp³-hybridized carbons (Fsp3) is 0.0714. The average molecular weight is 432 g/mol.